The molecular weight excluding hydrogens is 204 g/mol. The van der Waals surface area contributed by atoms with Crippen molar-refractivity contribution >= 4 is 16.7 Å². The Morgan fingerprint density at radius 3 is 2.57 bits per heavy atom. The van der Waals surface area contributed by atoms with Crippen LogP contribution in [0.3, 0.4) is 0 Å². The van der Waals surface area contributed by atoms with Crippen LogP contribution in [0.25, 0.3) is 0 Å². The highest BCUT2D eigenvalue weighted by Crippen LogP contribution is 2.08. The molecular formula is C9H10O4S. The van der Waals surface area contributed by atoms with Crippen LogP contribution in [0, 0.1) is 6.92 Å². The molecule has 1 aromatic rings. The van der Waals surface area contributed by atoms with E-state index in [0.29, 0.717) is 5.56 Å². The summed E-state index contributed by atoms with van der Waals surface area (Å²) in [6.45, 7) is 1.76. The van der Waals surface area contributed by atoms with Gasteiger partial charge in [-0.25, -0.2) is 13.2 Å². The van der Waals surface area contributed by atoms with Crippen molar-refractivity contribution in [3.05, 3.63) is 35.4 Å². The molecule has 0 heterocycles. The minimum absolute atomic E-state index is 0.393. The monoisotopic (exact) mass is 214 g/mol. The number of esters is 1. The summed E-state index contributed by atoms with van der Waals surface area (Å²) in [7, 11) is -2.68. The number of hydrogen-bond donors (Lipinski definition) is 1. The second-order valence-corrected chi connectivity index (χ2v) is 3.63. The molecule has 1 aromatic carbocycles. The van der Waals surface area contributed by atoms with Crippen LogP contribution in [-0.2, 0) is 15.4 Å². The second-order valence-electron chi connectivity index (χ2n) is 2.71. The van der Waals surface area contributed by atoms with Gasteiger partial charge in [-0.2, -0.15) is 0 Å². The molecule has 0 bridgehead atoms. The van der Waals surface area contributed by atoms with Gasteiger partial charge in [0.1, 0.15) is 0 Å². The molecule has 14 heavy (non-hydrogen) atoms. The van der Waals surface area contributed by atoms with Crippen LogP contribution >= 0.6 is 0 Å². The molecule has 1 rings (SSSR count). The van der Waals surface area contributed by atoms with Gasteiger partial charge >= 0.3 is 5.97 Å². The smallest absolute Gasteiger partial charge is 0.339 e. The summed E-state index contributed by atoms with van der Waals surface area (Å²) < 4.78 is 24.9. The van der Waals surface area contributed by atoms with Crippen LogP contribution in [0.5, 0.6) is 0 Å². The highest BCUT2D eigenvalue weighted by atomic mass is 32.2. The molecule has 0 aromatic heterocycles. The van der Waals surface area contributed by atoms with E-state index in [-0.39, 0.29) is 0 Å². The van der Waals surface area contributed by atoms with Crippen molar-refractivity contribution in [2.24, 2.45) is 0 Å². The van der Waals surface area contributed by atoms with Gasteiger partial charge in [0.15, 0.2) is 16.6 Å². The number of carbonyl (C=O) groups excluding carboxylic acids is 1. The number of ether oxygens (including phenoxy) is 1. The van der Waals surface area contributed by atoms with Gasteiger partial charge in [-0.3, -0.25) is 0 Å². The molecule has 0 fully saturated rings. The molecule has 0 aliphatic heterocycles. The number of benzene rings is 1. The third kappa shape index (κ3) is 2.85. The Kier molecular flexibility index (Phi) is 3.64. The predicted molar refractivity (Wildman–Crippen MR) is 51.8 cm³/mol. The fraction of sp³-hybridized carbons (Fsp3) is 0.222. The normalized spacial score (nSPS) is 10.1. The summed E-state index contributed by atoms with van der Waals surface area (Å²) in [6, 6.07) is 6.84. The third-order valence-electron chi connectivity index (χ3n) is 1.67. The topological polar surface area (TPSA) is 60.4 Å². The van der Waals surface area contributed by atoms with Crippen LogP contribution in [0.1, 0.15) is 15.9 Å². The van der Waals surface area contributed by atoms with E-state index in [1.807, 2.05) is 0 Å². The molecule has 0 aliphatic rings. The highest BCUT2D eigenvalue weighted by molar-refractivity contribution is 7.72. The molecule has 4 nitrogen and oxygen atoms in total. The lowest BCUT2D eigenvalue weighted by Crippen LogP contribution is -2.08. The number of carbonyl (C=O) groups is 1. The van der Waals surface area contributed by atoms with E-state index in [1.165, 1.54) is 0 Å². The van der Waals surface area contributed by atoms with Gasteiger partial charge in [-0.05, 0) is 18.6 Å². The van der Waals surface area contributed by atoms with E-state index in [1.54, 1.807) is 31.2 Å². The first-order chi connectivity index (χ1) is 6.61. The van der Waals surface area contributed by atoms with E-state index in [4.69, 9.17) is 0 Å². The standard InChI is InChI=1S/C9H10O4S/c1-7-4-2-3-5-8(7)9(10)13-6-14(11)12/h2-5,14H,6H2,1H3. The van der Waals surface area contributed by atoms with E-state index >= 15 is 0 Å². The van der Waals surface area contributed by atoms with E-state index in [0.717, 1.165) is 5.56 Å². The highest BCUT2D eigenvalue weighted by Gasteiger charge is 2.09. The van der Waals surface area contributed by atoms with Crippen LogP contribution in [0.2, 0.25) is 0 Å². The first-order valence-electron chi connectivity index (χ1n) is 3.96. The van der Waals surface area contributed by atoms with E-state index in [2.05, 4.69) is 4.74 Å². The molecule has 5 heteroatoms. The molecule has 0 spiro atoms. The summed E-state index contributed by atoms with van der Waals surface area (Å²) in [5, 5.41) is 0. The number of aryl methyl sites for hydroxylation is 1. The second kappa shape index (κ2) is 4.76. The number of rotatable bonds is 3. The van der Waals surface area contributed by atoms with E-state index < -0.39 is 22.6 Å². The molecule has 0 saturated heterocycles. The lowest BCUT2D eigenvalue weighted by molar-refractivity contribution is 0.0573. The zero-order valence-corrected chi connectivity index (χ0v) is 8.49. The third-order valence-corrected chi connectivity index (χ3v) is 2.01. The Balaban J connectivity index is 2.75. The van der Waals surface area contributed by atoms with Gasteiger partial charge in [-0.15, -0.1) is 0 Å². The Morgan fingerprint density at radius 2 is 2.00 bits per heavy atom. The molecule has 0 N–H and O–H groups in total. The van der Waals surface area contributed by atoms with Crippen molar-refractivity contribution in [2.75, 3.05) is 5.94 Å². The molecule has 0 aliphatic carbocycles. The van der Waals surface area contributed by atoms with Crippen LogP contribution < -0.4 is 0 Å². The Morgan fingerprint density at radius 1 is 1.36 bits per heavy atom. The minimum atomic E-state index is -2.68. The zero-order valence-electron chi connectivity index (χ0n) is 7.60. The van der Waals surface area contributed by atoms with Gasteiger partial charge in [-0.1, -0.05) is 18.2 Å². The van der Waals surface area contributed by atoms with E-state index in [9.17, 15) is 13.2 Å². The largest absolute Gasteiger partial charge is 0.446 e. The van der Waals surface area contributed by atoms with Gasteiger partial charge in [0, 0.05) is 0 Å². The number of thiol groups is 1. The lowest BCUT2D eigenvalue weighted by atomic mass is 10.1. The Bertz CT molecular complexity index is 401. The molecule has 0 radical (unpaired) electrons. The summed E-state index contributed by atoms with van der Waals surface area (Å²) in [5.41, 5.74) is 1.16. The average Bonchev–Trinajstić information content (AvgIpc) is 2.15. The maximum Gasteiger partial charge on any atom is 0.339 e. The number of hydrogen-bond acceptors (Lipinski definition) is 4. The zero-order chi connectivity index (χ0) is 10.6. The quantitative estimate of drug-likeness (QED) is 0.595. The minimum Gasteiger partial charge on any atom is -0.446 e. The van der Waals surface area contributed by atoms with Crippen molar-refractivity contribution in [3.8, 4) is 0 Å². The van der Waals surface area contributed by atoms with Gasteiger partial charge in [0.05, 0.1) is 5.56 Å². The maximum absolute atomic E-state index is 11.3. The van der Waals surface area contributed by atoms with Gasteiger partial charge < -0.3 is 4.74 Å². The average molecular weight is 214 g/mol. The summed E-state index contributed by atoms with van der Waals surface area (Å²) in [5.74, 6) is -1.18. The molecule has 0 amide bonds. The fourth-order valence-corrected chi connectivity index (χ4v) is 1.21. The molecule has 0 unspecified atom stereocenters. The lowest BCUT2D eigenvalue weighted by Gasteiger charge is -2.03. The first-order valence-corrected chi connectivity index (χ1v) is 5.32. The summed E-state index contributed by atoms with van der Waals surface area (Å²) >= 11 is 0. The van der Waals surface area contributed by atoms with Crippen molar-refractivity contribution < 1.29 is 17.9 Å². The maximum atomic E-state index is 11.3. The molecule has 0 saturated carbocycles. The first kappa shape index (κ1) is 10.7. The van der Waals surface area contributed by atoms with Crippen LogP contribution in [-0.4, -0.2) is 20.3 Å². The van der Waals surface area contributed by atoms with Crippen LogP contribution in [0.15, 0.2) is 24.3 Å². The van der Waals surface area contributed by atoms with Gasteiger partial charge in [0.2, 0.25) is 0 Å². The van der Waals surface area contributed by atoms with Gasteiger partial charge in [0.25, 0.3) is 0 Å². The summed E-state index contributed by atoms with van der Waals surface area (Å²) in [6.07, 6.45) is 0. The SMILES string of the molecule is Cc1ccccc1C(=O)OC[SH](=O)=O. The van der Waals surface area contributed by atoms with Crippen LogP contribution in [0.4, 0.5) is 0 Å². The van der Waals surface area contributed by atoms with Crippen molar-refractivity contribution in [1.82, 2.24) is 0 Å². The fourth-order valence-electron chi connectivity index (χ4n) is 0.991. The molecule has 0 atom stereocenters. The van der Waals surface area contributed by atoms with Crippen molar-refractivity contribution in [3.63, 3.8) is 0 Å². The predicted octanol–water partition coefficient (Wildman–Crippen LogP) is 0.721. The Labute approximate surface area is 83.5 Å². The van der Waals surface area contributed by atoms with Crippen molar-refractivity contribution in [1.29, 1.82) is 0 Å². The van der Waals surface area contributed by atoms with Crippen molar-refractivity contribution in [2.45, 2.75) is 6.92 Å². The summed E-state index contributed by atoms with van der Waals surface area (Å²) in [4.78, 5) is 11.3. The Hall–Kier alpha value is -1.36. The molecule has 76 valence electrons.